The second kappa shape index (κ2) is 5.39. The molecule has 0 amide bonds. The van der Waals surface area contributed by atoms with E-state index >= 15 is 0 Å². The van der Waals surface area contributed by atoms with Crippen LogP contribution in [0, 0.1) is 11.3 Å². The smallest absolute Gasteiger partial charge is 0.152 e. The van der Waals surface area contributed by atoms with E-state index in [9.17, 15) is 13.7 Å². The van der Waals surface area contributed by atoms with Crippen LogP contribution in [0.25, 0.3) is 0 Å². The summed E-state index contributed by atoms with van der Waals surface area (Å²) in [7, 11) is -2.82. The van der Waals surface area contributed by atoms with Gasteiger partial charge < -0.3 is 0 Å². The lowest BCUT2D eigenvalue weighted by Gasteiger charge is -2.33. The minimum Gasteiger partial charge on any atom is -0.298 e. The lowest BCUT2D eigenvalue weighted by Crippen LogP contribution is -2.49. The van der Waals surface area contributed by atoms with Crippen LogP contribution in [0.5, 0.6) is 0 Å². The molecule has 0 aromatic carbocycles. The van der Waals surface area contributed by atoms with Crippen LogP contribution < -0.4 is 5.32 Å². The number of nitrogens with zero attached hydrogens (tertiary/aromatic N) is 2. The van der Waals surface area contributed by atoms with Crippen molar-refractivity contribution in [2.45, 2.75) is 50.7 Å². The molecule has 5 nitrogen and oxygen atoms in total. The molecular formula is C13H23N3O2S. The zero-order valence-electron chi connectivity index (χ0n) is 11.7. The van der Waals surface area contributed by atoms with Crippen molar-refractivity contribution in [3.63, 3.8) is 0 Å². The van der Waals surface area contributed by atoms with E-state index in [-0.39, 0.29) is 11.5 Å². The second-order valence-electron chi connectivity index (χ2n) is 6.08. The third kappa shape index (κ3) is 3.47. The van der Waals surface area contributed by atoms with Gasteiger partial charge in [0.1, 0.15) is 5.54 Å². The highest BCUT2D eigenvalue weighted by atomic mass is 32.2. The maximum atomic E-state index is 11.4. The third-order valence-corrected chi connectivity index (χ3v) is 5.77. The number of nitrogens with one attached hydrogen (secondary N) is 1. The Hall–Kier alpha value is -0.640. The van der Waals surface area contributed by atoms with Crippen LogP contribution in [0.15, 0.2) is 0 Å². The standard InChI is InChI=1S/C13H23N3O2S/c1-11(2)15-13(10-14)4-3-12(9-13)16-5-7-19(17,18)8-6-16/h11-12,15H,3-9H2,1-2H3. The van der Waals surface area contributed by atoms with Crippen molar-refractivity contribution in [3.05, 3.63) is 0 Å². The zero-order chi connectivity index (χ0) is 14.1. The largest absolute Gasteiger partial charge is 0.298 e. The molecule has 1 heterocycles. The minimum atomic E-state index is -2.82. The number of nitriles is 1. The van der Waals surface area contributed by atoms with Crippen LogP contribution in [0.1, 0.15) is 33.1 Å². The van der Waals surface area contributed by atoms with Gasteiger partial charge in [0.15, 0.2) is 9.84 Å². The van der Waals surface area contributed by atoms with Crippen molar-refractivity contribution in [1.82, 2.24) is 10.2 Å². The van der Waals surface area contributed by atoms with Gasteiger partial charge in [-0.3, -0.25) is 10.2 Å². The Morgan fingerprint density at radius 3 is 2.53 bits per heavy atom. The number of hydrogen-bond donors (Lipinski definition) is 1. The van der Waals surface area contributed by atoms with Gasteiger partial charge in [-0.25, -0.2) is 8.42 Å². The summed E-state index contributed by atoms with van der Waals surface area (Å²) in [6, 6.07) is 3.08. The quantitative estimate of drug-likeness (QED) is 0.819. The molecule has 2 atom stereocenters. The van der Waals surface area contributed by atoms with Gasteiger partial charge in [0.25, 0.3) is 0 Å². The molecule has 6 heteroatoms. The second-order valence-corrected chi connectivity index (χ2v) is 8.38. The molecule has 2 aliphatic rings. The first-order valence-electron chi connectivity index (χ1n) is 6.99. The molecule has 19 heavy (non-hydrogen) atoms. The molecule has 1 aliphatic heterocycles. The average molecular weight is 285 g/mol. The van der Waals surface area contributed by atoms with Gasteiger partial charge >= 0.3 is 0 Å². The number of sulfone groups is 1. The van der Waals surface area contributed by atoms with Crippen molar-refractivity contribution < 1.29 is 8.42 Å². The SMILES string of the molecule is CC(C)NC1(C#N)CCC(N2CCS(=O)(=O)CC2)C1. The van der Waals surface area contributed by atoms with Crippen molar-refractivity contribution in [3.8, 4) is 6.07 Å². The van der Waals surface area contributed by atoms with Crippen molar-refractivity contribution >= 4 is 9.84 Å². The summed E-state index contributed by atoms with van der Waals surface area (Å²) in [5, 5.41) is 12.8. The first kappa shape index (κ1) is 14.8. The zero-order valence-corrected chi connectivity index (χ0v) is 12.5. The molecule has 2 rings (SSSR count). The molecule has 0 bridgehead atoms. The monoisotopic (exact) mass is 285 g/mol. The van der Waals surface area contributed by atoms with E-state index in [1.54, 1.807) is 0 Å². The fourth-order valence-electron chi connectivity index (χ4n) is 3.24. The van der Waals surface area contributed by atoms with Crippen LogP contribution in [-0.2, 0) is 9.84 Å². The van der Waals surface area contributed by atoms with E-state index in [1.165, 1.54) is 0 Å². The van der Waals surface area contributed by atoms with Crippen molar-refractivity contribution in [2.75, 3.05) is 24.6 Å². The summed E-state index contributed by atoms with van der Waals surface area (Å²) in [5.74, 6) is 0.529. The van der Waals surface area contributed by atoms with E-state index in [0.717, 1.165) is 19.3 Å². The minimum absolute atomic E-state index is 0.265. The number of hydrogen-bond acceptors (Lipinski definition) is 5. The molecule has 0 radical (unpaired) electrons. The molecule has 1 N–H and O–H groups in total. The Kier molecular flexibility index (Phi) is 4.19. The van der Waals surface area contributed by atoms with E-state index in [1.807, 2.05) is 0 Å². The molecule has 2 unspecified atom stereocenters. The normalized spacial score (nSPS) is 35.4. The summed E-state index contributed by atoms with van der Waals surface area (Å²) in [6.45, 7) is 5.35. The summed E-state index contributed by atoms with van der Waals surface area (Å²) >= 11 is 0. The molecule has 1 saturated heterocycles. The van der Waals surface area contributed by atoms with E-state index in [4.69, 9.17) is 0 Å². The Morgan fingerprint density at radius 2 is 2.00 bits per heavy atom. The predicted octanol–water partition coefficient (Wildman–Crippen LogP) is 0.530. The van der Waals surface area contributed by atoms with Gasteiger partial charge in [-0.1, -0.05) is 0 Å². The summed E-state index contributed by atoms with van der Waals surface area (Å²) in [4.78, 5) is 2.25. The molecule has 0 aromatic rings. The van der Waals surface area contributed by atoms with Crippen LogP contribution in [0.3, 0.4) is 0 Å². The van der Waals surface area contributed by atoms with Gasteiger partial charge in [0.05, 0.1) is 17.6 Å². The average Bonchev–Trinajstić information content (AvgIpc) is 2.73. The number of rotatable bonds is 3. The topological polar surface area (TPSA) is 73.2 Å². The lowest BCUT2D eigenvalue weighted by molar-refractivity contribution is 0.206. The molecule has 2 fully saturated rings. The highest BCUT2D eigenvalue weighted by Gasteiger charge is 2.42. The summed E-state index contributed by atoms with van der Waals surface area (Å²) in [5.41, 5.74) is -0.421. The highest BCUT2D eigenvalue weighted by molar-refractivity contribution is 7.91. The molecule has 0 aromatic heterocycles. The van der Waals surface area contributed by atoms with E-state index in [2.05, 4.69) is 30.1 Å². The molecule has 1 aliphatic carbocycles. The van der Waals surface area contributed by atoms with Gasteiger partial charge in [0, 0.05) is 25.2 Å². The lowest BCUT2D eigenvalue weighted by atomic mass is 9.98. The van der Waals surface area contributed by atoms with Gasteiger partial charge in [-0.05, 0) is 33.1 Å². The Balaban J connectivity index is 1.97. The maximum Gasteiger partial charge on any atom is 0.152 e. The van der Waals surface area contributed by atoms with Gasteiger partial charge in [0.2, 0.25) is 0 Å². The van der Waals surface area contributed by atoms with E-state index in [0.29, 0.717) is 25.2 Å². The van der Waals surface area contributed by atoms with E-state index < -0.39 is 15.4 Å². The fourth-order valence-corrected chi connectivity index (χ4v) is 4.47. The molecule has 108 valence electrons. The fraction of sp³-hybridized carbons (Fsp3) is 0.923. The van der Waals surface area contributed by atoms with Crippen molar-refractivity contribution in [1.29, 1.82) is 5.26 Å². The molecular weight excluding hydrogens is 262 g/mol. The summed E-state index contributed by atoms with van der Waals surface area (Å²) < 4.78 is 22.9. The van der Waals surface area contributed by atoms with Crippen molar-refractivity contribution in [2.24, 2.45) is 0 Å². The maximum absolute atomic E-state index is 11.4. The Labute approximate surface area is 115 Å². The molecule has 0 spiro atoms. The van der Waals surface area contributed by atoms with Gasteiger partial charge in [-0.15, -0.1) is 0 Å². The Bertz CT molecular complexity index is 455. The summed E-state index contributed by atoms with van der Waals surface area (Å²) in [6.07, 6.45) is 2.64. The molecule has 1 saturated carbocycles. The first-order valence-corrected chi connectivity index (χ1v) is 8.81. The van der Waals surface area contributed by atoms with Crippen LogP contribution >= 0.6 is 0 Å². The van der Waals surface area contributed by atoms with Gasteiger partial charge in [-0.2, -0.15) is 5.26 Å². The van der Waals surface area contributed by atoms with Crippen LogP contribution in [-0.4, -0.2) is 55.5 Å². The van der Waals surface area contributed by atoms with Crippen LogP contribution in [0.4, 0.5) is 0 Å². The highest BCUT2D eigenvalue weighted by Crippen LogP contribution is 2.33. The first-order chi connectivity index (χ1) is 8.86. The third-order valence-electron chi connectivity index (χ3n) is 4.16. The Morgan fingerprint density at radius 1 is 1.37 bits per heavy atom. The van der Waals surface area contributed by atoms with Crippen LogP contribution in [0.2, 0.25) is 0 Å². The predicted molar refractivity (Wildman–Crippen MR) is 74.5 cm³/mol.